The summed E-state index contributed by atoms with van der Waals surface area (Å²) in [6.45, 7) is 1.87. The van der Waals surface area contributed by atoms with Gasteiger partial charge in [0.05, 0.1) is 10.9 Å². The lowest BCUT2D eigenvalue weighted by molar-refractivity contribution is 1.01. The normalized spacial score (nSPS) is 10.7. The summed E-state index contributed by atoms with van der Waals surface area (Å²) in [5, 5.41) is 1.90. The van der Waals surface area contributed by atoms with Gasteiger partial charge in [0, 0.05) is 12.3 Å². The van der Waals surface area contributed by atoms with Gasteiger partial charge in [0.25, 0.3) is 0 Å². The van der Waals surface area contributed by atoms with E-state index in [-0.39, 0.29) is 0 Å². The second-order valence-electron chi connectivity index (χ2n) is 2.91. The fourth-order valence-corrected chi connectivity index (χ4v) is 1.88. The van der Waals surface area contributed by atoms with Crippen LogP contribution in [0, 0.1) is 6.92 Å². The van der Waals surface area contributed by atoms with E-state index in [1.165, 1.54) is 0 Å². The van der Waals surface area contributed by atoms with Gasteiger partial charge in [-0.05, 0) is 13.2 Å². The predicted molar refractivity (Wildman–Crippen MR) is 58.3 cm³/mol. The smallest absolute Gasteiger partial charge is 0.127 e. The van der Waals surface area contributed by atoms with Gasteiger partial charge in [-0.2, -0.15) is 0 Å². The molecule has 0 atom stereocenters. The lowest BCUT2D eigenvalue weighted by Crippen LogP contribution is -1.95. The van der Waals surface area contributed by atoms with Crippen molar-refractivity contribution < 1.29 is 0 Å². The van der Waals surface area contributed by atoms with Crippen molar-refractivity contribution in [2.24, 2.45) is 0 Å². The number of anilines is 1. The van der Waals surface area contributed by atoms with Crippen molar-refractivity contribution in [2.45, 2.75) is 11.9 Å². The fraction of sp³-hybridized carbons (Fsp3) is 0.222. The van der Waals surface area contributed by atoms with E-state index >= 15 is 0 Å². The first-order chi connectivity index (χ1) is 6.70. The average Bonchev–Trinajstić information content (AvgIpc) is 2.15. The molecule has 0 aliphatic heterocycles. The third kappa shape index (κ3) is 1.50. The Labute approximate surface area is 86.0 Å². The summed E-state index contributed by atoms with van der Waals surface area (Å²) in [6, 6.07) is 1.77. The SMILES string of the molecule is CSc1nc(C)nc2cc(N)ncc12. The first-order valence-electron chi connectivity index (χ1n) is 4.14. The Morgan fingerprint density at radius 3 is 2.86 bits per heavy atom. The van der Waals surface area contributed by atoms with Crippen molar-refractivity contribution in [3.05, 3.63) is 18.1 Å². The molecule has 0 aliphatic carbocycles. The van der Waals surface area contributed by atoms with Crippen LogP contribution in [0.2, 0.25) is 0 Å². The van der Waals surface area contributed by atoms with Crippen LogP contribution in [0.15, 0.2) is 17.3 Å². The molecule has 0 fully saturated rings. The van der Waals surface area contributed by atoms with E-state index in [1.807, 2.05) is 13.2 Å². The van der Waals surface area contributed by atoms with Crippen LogP contribution in [0.5, 0.6) is 0 Å². The summed E-state index contributed by atoms with van der Waals surface area (Å²) in [7, 11) is 0. The van der Waals surface area contributed by atoms with Gasteiger partial charge in [-0.25, -0.2) is 15.0 Å². The van der Waals surface area contributed by atoms with Crippen LogP contribution in [-0.4, -0.2) is 21.2 Å². The molecule has 5 heteroatoms. The number of aryl methyl sites for hydroxylation is 1. The zero-order valence-electron chi connectivity index (χ0n) is 7.98. The molecule has 4 nitrogen and oxygen atoms in total. The lowest BCUT2D eigenvalue weighted by atomic mass is 10.3. The Bertz CT molecular complexity index is 478. The van der Waals surface area contributed by atoms with Crippen molar-refractivity contribution in [2.75, 3.05) is 12.0 Å². The van der Waals surface area contributed by atoms with E-state index in [0.29, 0.717) is 5.82 Å². The first-order valence-corrected chi connectivity index (χ1v) is 5.37. The monoisotopic (exact) mass is 206 g/mol. The molecule has 72 valence electrons. The largest absolute Gasteiger partial charge is 0.384 e. The van der Waals surface area contributed by atoms with Crippen molar-refractivity contribution in [1.29, 1.82) is 0 Å². The van der Waals surface area contributed by atoms with E-state index < -0.39 is 0 Å². The molecule has 0 saturated carbocycles. The minimum atomic E-state index is 0.489. The first kappa shape index (κ1) is 9.21. The molecule has 0 unspecified atom stereocenters. The molecule has 0 aliphatic rings. The van der Waals surface area contributed by atoms with E-state index in [1.54, 1.807) is 24.0 Å². The van der Waals surface area contributed by atoms with Gasteiger partial charge in [-0.15, -0.1) is 11.8 Å². The minimum Gasteiger partial charge on any atom is -0.384 e. The molecule has 0 bridgehead atoms. The third-order valence-corrected chi connectivity index (χ3v) is 2.57. The summed E-state index contributed by atoms with van der Waals surface area (Å²) in [5.74, 6) is 1.25. The number of hydrogen-bond acceptors (Lipinski definition) is 5. The maximum atomic E-state index is 5.59. The van der Waals surface area contributed by atoms with Gasteiger partial charge >= 0.3 is 0 Å². The number of rotatable bonds is 1. The Morgan fingerprint density at radius 1 is 1.36 bits per heavy atom. The summed E-state index contributed by atoms with van der Waals surface area (Å²) < 4.78 is 0. The molecule has 0 radical (unpaired) electrons. The molecule has 2 heterocycles. The number of nitrogens with two attached hydrogens (primary N) is 1. The molecule has 2 aromatic rings. The molecule has 0 amide bonds. The molecule has 0 aromatic carbocycles. The number of nitrogens with zero attached hydrogens (tertiary/aromatic N) is 3. The average molecular weight is 206 g/mol. The van der Waals surface area contributed by atoms with Crippen LogP contribution < -0.4 is 5.73 Å². The Kier molecular flexibility index (Phi) is 2.25. The van der Waals surface area contributed by atoms with Gasteiger partial charge in [-0.3, -0.25) is 0 Å². The Hall–Kier alpha value is -1.36. The molecular weight excluding hydrogens is 196 g/mol. The predicted octanol–water partition coefficient (Wildman–Crippen LogP) is 1.64. The maximum absolute atomic E-state index is 5.59. The summed E-state index contributed by atoms with van der Waals surface area (Å²) in [4.78, 5) is 12.7. The van der Waals surface area contributed by atoms with Gasteiger partial charge in [0.2, 0.25) is 0 Å². The lowest BCUT2D eigenvalue weighted by Gasteiger charge is -2.03. The molecule has 2 aromatic heterocycles. The highest BCUT2D eigenvalue weighted by molar-refractivity contribution is 7.98. The quantitative estimate of drug-likeness (QED) is 0.567. The van der Waals surface area contributed by atoms with Crippen molar-refractivity contribution in [3.63, 3.8) is 0 Å². The van der Waals surface area contributed by atoms with E-state index in [2.05, 4.69) is 15.0 Å². The summed E-state index contributed by atoms with van der Waals surface area (Å²) in [6.07, 6.45) is 3.70. The van der Waals surface area contributed by atoms with Crippen molar-refractivity contribution >= 4 is 28.5 Å². The van der Waals surface area contributed by atoms with Gasteiger partial charge in [-0.1, -0.05) is 0 Å². The summed E-state index contributed by atoms with van der Waals surface area (Å²) in [5.41, 5.74) is 6.44. The van der Waals surface area contributed by atoms with Crippen molar-refractivity contribution in [1.82, 2.24) is 15.0 Å². The van der Waals surface area contributed by atoms with Gasteiger partial charge in [0.15, 0.2) is 0 Å². The molecule has 14 heavy (non-hydrogen) atoms. The van der Waals surface area contributed by atoms with Crippen molar-refractivity contribution in [3.8, 4) is 0 Å². The zero-order valence-corrected chi connectivity index (χ0v) is 8.80. The van der Waals surface area contributed by atoms with Crippen LogP contribution in [0.3, 0.4) is 0 Å². The van der Waals surface area contributed by atoms with Gasteiger partial charge < -0.3 is 5.73 Å². The molecule has 2 rings (SSSR count). The number of aromatic nitrogens is 3. The van der Waals surface area contributed by atoms with Gasteiger partial charge in [0.1, 0.15) is 16.7 Å². The number of thioether (sulfide) groups is 1. The molecule has 0 spiro atoms. The van der Waals surface area contributed by atoms with Crippen LogP contribution in [0.1, 0.15) is 5.82 Å². The highest BCUT2D eigenvalue weighted by Crippen LogP contribution is 2.23. The highest BCUT2D eigenvalue weighted by Gasteiger charge is 2.05. The minimum absolute atomic E-state index is 0.489. The molecule has 0 saturated heterocycles. The number of nitrogen functional groups attached to an aromatic ring is 1. The van der Waals surface area contributed by atoms with E-state index in [9.17, 15) is 0 Å². The summed E-state index contributed by atoms with van der Waals surface area (Å²) >= 11 is 1.59. The standard InChI is InChI=1S/C9H10N4S/c1-5-12-7-3-8(10)11-4-6(7)9(13-5)14-2/h3-4H,1-2H3,(H2,10,11). The van der Waals surface area contributed by atoms with E-state index in [4.69, 9.17) is 5.73 Å². The maximum Gasteiger partial charge on any atom is 0.127 e. The third-order valence-electron chi connectivity index (χ3n) is 1.87. The number of hydrogen-bond donors (Lipinski definition) is 1. The van der Waals surface area contributed by atoms with Crippen LogP contribution in [0.4, 0.5) is 5.82 Å². The molecule has 2 N–H and O–H groups in total. The number of pyridine rings is 1. The number of fused-ring (bicyclic) bond motifs is 1. The Morgan fingerprint density at radius 2 is 2.14 bits per heavy atom. The second-order valence-corrected chi connectivity index (χ2v) is 3.70. The van der Waals surface area contributed by atoms with Crippen LogP contribution >= 0.6 is 11.8 Å². The van der Waals surface area contributed by atoms with E-state index in [0.717, 1.165) is 21.8 Å². The topological polar surface area (TPSA) is 64.7 Å². The fourth-order valence-electron chi connectivity index (χ4n) is 1.28. The zero-order chi connectivity index (χ0) is 10.1. The Balaban J connectivity index is 2.81. The second kappa shape index (κ2) is 3.42. The van der Waals surface area contributed by atoms with Crippen LogP contribution in [0.25, 0.3) is 10.9 Å². The molecular formula is C9H10N4S. The van der Waals surface area contributed by atoms with Crippen LogP contribution in [-0.2, 0) is 0 Å². The highest BCUT2D eigenvalue weighted by atomic mass is 32.2.